The molecule has 6 rings (SSSR count). The van der Waals surface area contributed by atoms with Crippen molar-refractivity contribution >= 4 is 17.5 Å². The zero-order valence-corrected chi connectivity index (χ0v) is 24.2. The molecule has 0 radical (unpaired) electrons. The minimum Gasteiger partial charge on any atom is -0.485 e. The monoisotopic (exact) mass is 561 g/mol. The standard InChI is InChI=1S/C35H35N3O4/c1-23-10-12-25(13-11-23)14-15-37-34(40)27-6-4-7-29(17-27)38-32(39)18-28-19-35(38,3)42-33-30(28)8-5-9-31(33)41-22-26-16-24(2)20-36-21-26/h4-13,16-17,20-21,28H,14-15,18-19,22H2,1-3H3,(H,37,40). The molecular weight excluding hydrogens is 526 g/mol. The number of benzene rings is 3. The normalized spacial score (nSPS) is 19.1. The molecule has 1 fully saturated rings. The van der Waals surface area contributed by atoms with Gasteiger partial charge in [0.25, 0.3) is 5.91 Å². The number of carbonyl (C=O) groups excluding carboxylic acids is 2. The van der Waals surface area contributed by atoms with Gasteiger partial charge in [-0.15, -0.1) is 0 Å². The third kappa shape index (κ3) is 5.59. The van der Waals surface area contributed by atoms with Crippen molar-refractivity contribution in [3.05, 3.63) is 119 Å². The fourth-order valence-electron chi connectivity index (χ4n) is 6.03. The second kappa shape index (κ2) is 11.3. The molecule has 2 amide bonds. The van der Waals surface area contributed by atoms with Gasteiger partial charge in [0.1, 0.15) is 6.61 Å². The molecule has 2 bridgehead atoms. The molecular formula is C35H35N3O4. The average molecular weight is 562 g/mol. The maximum absolute atomic E-state index is 13.6. The smallest absolute Gasteiger partial charge is 0.251 e. The Hall–Kier alpha value is -4.65. The van der Waals surface area contributed by atoms with E-state index in [1.165, 1.54) is 11.1 Å². The highest BCUT2D eigenvalue weighted by Gasteiger charge is 2.50. The lowest BCUT2D eigenvalue weighted by Gasteiger charge is -2.50. The van der Waals surface area contributed by atoms with E-state index in [9.17, 15) is 9.59 Å². The summed E-state index contributed by atoms with van der Waals surface area (Å²) in [4.78, 5) is 32.6. The number of carbonyl (C=O) groups is 2. The number of nitrogens with one attached hydrogen (secondary N) is 1. The highest BCUT2D eigenvalue weighted by molar-refractivity contribution is 5.99. The Morgan fingerprint density at radius 1 is 1.02 bits per heavy atom. The Morgan fingerprint density at radius 2 is 1.83 bits per heavy atom. The van der Waals surface area contributed by atoms with E-state index in [1.807, 2.05) is 56.4 Å². The number of fused-ring (bicyclic) bond motifs is 4. The first kappa shape index (κ1) is 27.5. The van der Waals surface area contributed by atoms with Gasteiger partial charge in [-0.2, -0.15) is 0 Å². The Bertz CT molecular complexity index is 1630. The van der Waals surface area contributed by atoms with Gasteiger partial charge in [0, 0.05) is 60.1 Å². The number of rotatable bonds is 8. The van der Waals surface area contributed by atoms with Gasteiger partial charge in [-0.25, -0.2) is 0 Å². The van der Waals surface area contributed by atoms with Crippen LogP contribution in [0.3, 0.4) is 0 Å². The number of ether oxygens (including phenoxy) is 2. The molecule has 0 spiro atoms. The van der Waals surface area contributed by atoms with Crippen molar-refractivity contribution in [2.24, 2.45) is 0 Å². The van der Waals surface area contributed by atoms with E-state index in [2.05, 4.69) is 41.5 Å². The van der Waals surface area contributed by atoms with Crippen molar-refractivity contribution in [3.8, 4) is 11.5 Å². The molecule has 214 valence electrons. The van der Waals surface area contributed by atoms with Gasteiger partial charge in [-0.1, -0.05) is 48.0 Å². The van der Waals surface area contributed by atoms with E-state index < -0.39 is 5.72 Å². The summed E-state index contributed by atoms with van der Waals surface area (Å²) in [5.74, 6) is 1.11. The van der Waals surface area contributed by atoms with Crippen molar-refractivity contribution in [1.82, 2.24) is 10.3 Å². The third-order valence-corrected chi connectivity index (χ3v) is 8.05. The molecule has 7 nitrogen and oxygen atoms in total. The Balaban J connectivity index is 1.20. The molecule has 7 heteroatoms. The molecule has 1 N–H and O–H groups in total. The first-order valence-corrected chi connectivity index (χ1v) is 14.4. The zero-order chi connectivity index (χ0) is 29.3. The predicted molar refractivity (Wildman–Crippen MR) is 162 cm³/mol. The number of hydrogen-bond acceptors (Lipinski definition) is 5. The maximum Gasteiger partial charge on any atom is 0.251 e. The molecule has 3 aromatic carbocycles. The third-order valence-electron chi connectivity index (χ3n) is 8.05. The highest BCUT2D eigenvalue weighted by Crippen LogP contribution is 2.52. The van der Waals surface area contributed by atoms with Crippen LogP contribution in [-0.2, 0) is 17.8 Å². The predicted octanol–water partition coefficient (Wildman–Crippen LogP) is 6.27. The molecule has 3 heterocycles. The Labute approximate surface area is 246 Å². The van der Waals surface area contributed by atoms with Gasteiger partial charge in [-0.3, -0.25) is 19.5 Å². The van der Waals surface area contributed by atoms with Crippen molar-refractivity contribution in [2.45, 2.75) is 58.3 Å². The molecule has 2 atom stereocenters. The van der Waals surface area contributed by atoms with Crippen molar-refractivity contribution < 1.29 is 19.1 Å². The van der Waals surface area contributed by atoms with Gasteiger partial charge < -0.3 is 14.8 Å². The molecule has 0 aliphatic carbocycles. The van der Waals surface area contributed by atoms with E-state index in [0.29, 0.717) is 48.7 Å². The molecule has 2 aliphatic heterocycles. The van der Waals surface area contributed by atoms with Crippen LogP contribution < -0.4 is 19.7 Å². The van der Waals surface area contributed by atoms with Crippen molar-refractivity contribution in [1.29, 1.82) is 0 Å². The number of aryl methyl sites for hydroxylation is 2. The number of aromatic nitrogens is 1. The van der Waals surface area contributed by atoms with Gasteiger partial charge in [0.15, 0.2) is 17.2 Å². The molecule has 2 unspecified atom stereocenters. The van der Waals surface area contributed by atoms with Crippen LogP contribution in [0.1, 0.15) is 63.9 Å². The minimum atomic E-state index is -0.933. The van der Waals surface area contributed by atoms with E-state index in [4.69, 9.17) is 9.47 Å². The molecule has 2 aliphatic rings. The second-order valence-electron chi connectivity index (χ2n) is 11.5. The number of pyridine rings is 1. The first-order chi connectivity index (χ1) is 20.3. The van der Waals surface area contributed by atoms with Crippen LogP contribution in [0.2, 0.25) is 0 Å². The Kier molecular flexibility index (Phi) is 7.42. The number of anilines is 1. The van der Waals surface area contributed by atoms with Crippen molar-refractivity contribution in [3.63, 3.8) is 0 Å². The summed E-state index contributed by atoms with van der Waals surface area (Å²) >= 11 is 0. The summed E-state index contributed by atoms with van der Waals surface area (Å²) < 4.78 is 12.9. The van der Waals surface area contributed by atoms with Gasteiger partial charge in [0.05, 0.1) is 0 Å². The lowest BCUT2D eigenvalue weighted by Crippen LogP contribution is -2.60. The number of amides is 2. The van der Waals surface area contributed by atoms with Crippen LogP contribution in [0.15, 0.2) is 85.2 Å². The second-order valence-corrected chi connectivity index (χ2v) is 11.5. The lowest BCUT2D eigenvalue weighted by atomic mass is 9.80. The Morgan fingerprint density at radius 3 is 2.64 bits per heavy atom. The molecule has 1 saturated heterocycles. The summed E-state index contributed by atoms with van der Waals surface area (Å²) in [5, 5.41) is 3.01. The molecule has 4 aromatic rings. The SMILES string of the molecule is Cc1ccc(CCNC(=O)c2cccc(N3C(=O)CC4CC3(C)Oc3c(OCc5cncc(C)c5)cccc34)c2)cc1. The number of para-hydroxylation sites is 1. The van der Waals surface area contributed by atoms with Crippen LogP contribution in [0.4, 0.5) is 5.69 Å². The minimum absolute atomic E-state index is 0.0138. The van der Waals surface area contributed by atoms with E-state index in [0.717, 1.165) is 23.1 Å². The molecule has 42 heavy (non-hydrogen) atoms. The summed E-state index contributed by atoms with van der Waals surface area (Å²) in [6.07, 6.45) is 5.35. The number of nitrogens with zero attached hydrogens (tertiary/aromatic N) is 2. The molecule has 0 saturated carbocycles. The summed E-state index contributed by atoms with van der Waals surface area (Å²) in [6.45, 7) is 6.88. The van der Waals surface area contributed by atoms with Gasteiger partial charge in [0.2, 0.25) is 5.91 Å². The zero-order valence-electron chi connectivity index (χ0n) is 24.2. The van der Waals surface area contributed by atoms with Crippen LogP contribution in [-0.4, -0.2) is 29.1 Å². The maximum atomic E-state index is 13.6. The average Bonchev–Trinajstić information content (AvgIpc) is 2.97. The topological polar surface area (TPSA) is 80.8 Å². The highest BCUT2D eigenvalue weighted by atomic mass is 16.5. The first-order valence-electron chi connectivity index (χ1n) is 14.4. The quantitative estimate of drug-likeness (QED) is 0.274. The van der Waals surface area contributed by atoms with Crippen molar-refractivity contribution in [2.75, 3.05) is 11.4 Å². The number of hydrogen-bond donors (Lipinski definition) is 1. The number of piperidine rings is 1. The lowest BCUT2D eigenvalue weighted by molar-refractivity contribution is -0.127. The van der Waals surface area contributed by atoms with E-state index in [1.54, 1.807) is 23.2 Å². The largest absolute Gasteiger partial charge is 0.485 e. The van der Waals surface area contributed by atoms with E-state index in [-0.39, 0.29) is 17.7 Å². The van der Waals surface area contributed by atoms with Crippen LogP contribution >= 0.6 is 0 Å². The molecule has 1 aromatic heterocycles. The van der Waals surface area contributed by atoms with Crippen LogP contribution in [0.5, 0.6) is 11.5 Å². The van der Waals surface area contributed by atoms with E-state index >= 15 is 0 Å². The van der Waals surface area contributed by atoms with Gasteiger partial charge >= 0.3 is 0 Å². The summed E-state index contributed by atoms with van der Waals surface area (Å²) in [6, 6.07) is 23.4. The fraction of sp³-hybridized carbons (Fsp3) is 0.286. The van der Waals surface area contributed by atoms with Crippen LogP contribution in [0.25, 0.3) is 0 Å². The summed E-state index contributed by atoms with van der Waals surface area (Å²) in [7, 11) is 0. The summed E-state index contributed by atoms with van der Waals surface area (Å²) in [5.41, 5.74) is 5.62. The van der Waals surface area contributed by atoms with Gasteiger partial charge in [-0.05, 0) is 68.7 Å². The van der Waals surface area contributed by atoms with Crippen LogP contribution in [0, 0.1) is 13.8 Å². The fourth-order valence-corrected chi connectivity index (χ4v) is 6.03.